The monoisotopic (exact) mass is 246 g/mol. The number of hydrogen-bond donors (Lipinski definition) is 2. The maximum atomic E-state index is 11.7. The van der Waals surface area contributed by atoms with E-state index in [1.807, 2.05) is 12.1 Å². The highest BCUT2D eigenvalue weighted by Crippen LogP contribution is 2.25. The summed E-state index contributed by atoms with van der Waals surface area (Å²) in [5.74, 6) is 0.124. The zero-order chi connectivity index (χ0) is 12.8. The van der Waals surface area contributed by atoms with E-state index in [4.69, 9.17) is 0 Å². The lowest BCUT2D eigenvalue weighted by Gasteiger charge is -2.18. The van der Waals surface area contributed by atoms with E-state index in [9.17, 15) is 4.79 Å². The Hall–Kier alpha value is -1.51. The van der Waals surface area contributed by atoms with Crippen molar-refractivity contribution in [2.24, 2.45) is 0 Å². The average molecular weight is 246 g/mol. The van der Waals surface area contributed by atoms with Crippen molar-refractivity contribution in [3.63, 3.8) is 0 Å². The summed E-state index contributed by atoms with van der Waals surface area (Å²) in [6.45, 7) is 3.17. The summed E-state index contributed by atoms with van der Waals surface area (Å²) in [4.78, 5) is 11.7. The summed E-state index contributed by atoms with van der Waals surface area (Å²) in [6.07, 6.45) is 6.20. The molecular weight excluding hydrogens is 224 g/mol. The van der Waals surface area contributed by atoms with Gasteiger partial charge in [-0.25, -0.2) is 0 Å². The van der Waals surface area contributed by atoms with Gasteiger partial charge in [-0.3, -0.25) is 4.79 Å². The molecule has 1 heterocycles. The molecule has 1 aromatic rings. The second-order valence-electron chi connectivity index (χ2n) is 4.91. The highest BCUT2D eigenvalue weighted by atomic mass is 16.1. The predicted molar refractivity (Wildman–Crippen MR) is 76.0 cm³/mol. The molecule has 0 unspecified atom stereocenters. The molecule has 0 atom stereocenters. The van der Waals surface area contributed by atoms with Gasteiger partial charge in [0.25, 0.3) is 0 Å². The third-order valence-electron chi connectivity index (χ3n) is 3.34. The van der Waals surface area contributed by atoms with Crippen LogP contribution in [0.4, 0.5) is 11.4 Å². The Morgan fingerprint density at radius 1 is 1.39 bits per heavy atom. The number of carbonyl (C=O) groups is 1. The van der Waals surface area contributed by atoms with Crippen molar-refractivity contribution in [3.8, 4) is 0 Å². The van der Waals surface area contributed by atoms with Crippen LogP contribution >= 0.6 is 0 Å². The number of nitrogens with one attached hydrogen (secondary N) is 2. The van der Waals surface area contributed by atoms with E-state index in [2.05, 4.69) is 23.6 Å². The lowest BCUT2D eigenvalue weighted by Crippen LogP contribution is -2.14. The smallest absolute Gasteiger partial charge is 0.224 e. The van der Waals surface area contributed by atoms with Crippen molar-refractivity contribution in [1.29, 1.82) is 0 Å². The van der Waals surface area contributed by atoms with E-state index in [-0.39, 0.29) is 5.91 Å². The lowest BCUT2D eigenvalue weighted by molar-refractivity contribution is -0.116. The number of unbranched alkanes of at least 4 members (excludes halogenated alkanes) is 2. The van der Waals surface area contributed by atoms with E-state index in [0.717, 1.165) is 37.9 Å². The third kappa shape index (κ3) is 3.49. The number of hydrogen-bond acceptors (Lipinski definition) is 2. The Balaban J connectivity index is 1.91. The first-order chi connectivity index (χ1) is 8.79. The Morgan fingerprint density at radius 2 is 2.28 bits per heavy atom. The summed E-state index contributed by atoms with van der Waals surface area (Å²) in [7, 11) is 0. The summed E-state index contributed by atoms with van der Waals surface area (Å²) in [5.41, 5.74) is 3.43. The first-order valence-electron chi connectivity index (χ1n) is 6.96. The summed E-state index contributed by atoms with van der Waals surface area (Å²) in [6, 6.07) is 6.17. The van der Waals surface area contributed by atoms with Crippen LogP contribution in [-0.2, 0) is 11.2 Å². The lowest BCUT2D eigenvalue weighted by atomic mass is 10.0. The molecular formula is C15H22N2O. The van der Waals surface area contributed by atoms with Crippen molar-refractivity contribution in [2.75, 3.05) is 17.2 Å². The van der Waals surface area contributed by atoms with E-state index < -0.39 is 0 Å². The standard InChI is InChI=1S/C15H22N2O/c1-2-3-4-7-15(18)17-13-9-8-12-6-5-10-16-14(12)11-13/h8-9,11,16H,2-7,10H2,1H3,(H,17,18). The number of benzene rings is 1. The molecule has 0 saturated heterocycles. The molecule has 1 aliphatic heterocycles. The van der Waals surface area contributed by atoms with Gasteiger partial charge in [0, 0.05) is 24.3 Å². The fourth-order valence-electron chi connectivity index (χ4n) is 2.30. The van der Waals surface area contributed by atoms with Gasteiger partial charge in [0.1, 0.15) is 0 Å². The highest BCUT2D eigenvalue weighted by Gasteiger charge is 2.09. The van der Waals surface area contributed by atoms with Gasteiger partial charge in [-0.15, -0.1) is 0 Å². The van der Waals surface area contributed by atoms with Crippen molar-refractivity contribution < 1.29 is 4.79 Å². The van der Waals surface area contributed by atoms with E-state index in [1.54, 1.807) is 0 Å². The van der Waals surface area contributed by atoms with Crippen LogP contribution in [0.25, 0.3) is 0 Å². The van der Waals surface area contributed by atoms with Gasteiger partial charge in [0.05, 0.1) is 0 Å². The maximum Gasteiger partial charge on any atom is 0.224 e. The molecule has 0 spiro atoms. The number of aryl methyl sites for hydroxylation is 1. The van der Waals surface area contributed by atoms with Gasteiger partial charge < -0.3 is 10.6 Å². The fourth-order valence-corrected chi connectivity index (χ4v) is 2.30. The molecule has 2 N–H and O–H groups in total. The third-order valence-corrected chi connectivity index (χ3v) is 3.34. The quantitative estimate of drug-likeness (QED) is 0.780. The number of carbonyl (C=O) groups excluding carboxylic acids is 1. The number of rotatable bonds is 5. The van der Waals surface area contributed by atoms with Gasteiger partial charge in [-0.2, -0.15) is 0 Å². The molecule has 0 bridgehead atoms. The highest BCUT2D eigenvalue weighted by molar-refractivity contribution is 5.91. The number of fused-ring (bicyclic) bond motifs is 1. The number of anilines is 2. The zero-order valence-corrected chi connectivity index (χ0v) is 11.1. The SMILES string of the molecule is CCCCCC(=O)Nc1ccc2c(c1)NCCC2. The molecule has 0 aromatic heterocycles. The topological polar surface area (TPSA) is 41.1 Å². The molecule has 1 aliphatic rings. The van der Waals surface area contributed by atoms with Crippen LogP contribution in [0.2, 0.25) is 0 Å². The van der Waals surface area contributed by atoms with Gasteiger partial charge >= 0.3 is 0 Å². The molecule has 0 aliphatic carbocycles. The first-order valence-corrected chi connectivity index (χ1v) is 6.96. The first kappa shape index (κ1) is 12.9. The van der Waals surface area contributed by atoms with Crippen molar-refractivity contribution in [2.45, 2.75) is 45.4 Å². The summed E-state index contributed by atoms with van der Waals surface area (Å²) >= 11 is 0. The van der Waals surface area contributed by atoms with Crippen molar-refractivity contribution in [1.82, 2.24) is 0 Å². The Kier molecular flexibility index (Phi) is 4.62. The second-order valence-corrected chi connectivity index (χ2v) is 4.91. The number of amides is 1. The minimum atomic E-state index is 0.124. The Bertz CT molecular complexity index is 415. The van der Waals surface area contributed by atoms with Crippen molar-refractivity contribution in [3.05, 3.63) is 23.8 Å². The van der Waals surface area contributed by atoms with Crippen LogP contribution in [0.1, 0.15) is 44.6 Å². The Labute approximate surface area is 109 Å². The van der Waals surface area contributed by atoms with Crippen LogP contribution in [0.15, 0.2) is 18.2 Å². The molecule has 1 aromatic carbocycles. The fraction of sp³-hybridized carbons (Fsp3) is 0.533. The van der Waals surface area contributed by atoms with Gasteiger partial charge in [-0.1, -0.05) is 25.8 Å². The summed E-state index contributed by atoms with van der Waals surface area (Å²) in [5, 5.41) is 6.35. The molecule has 0 fully saturated rings. The normalized spacial score (nSPS) is 13.6. The molecule has 98 valence electrons. The minimum Gasteiger partial charge on any atom is -0.385 e. The molecule has 1 amide bonds. The van der Waals surface area contributed by atoms with Gasteiger partial charge in [0.2, 0.25) is 5.91 Å². The molecule has 3 nitrogen and oxygen atoms in total. The minimum absolute atomic E-state index is 0.124. The molecule has 3 heteroatoms. The van der Waals surface area contributed by atoms with Crippen molar-refractivity contribution >= 4 is 17.3 Å². The van der Waals surface area contributed by atoms with E-state index in [0.29, 0.717) is 6.42 Å². The molecule has 18 heavy (non-hydrogen) atoms. The summed E-state index contributed by atoms with van der Waals surface area (Å²) < 4.78 is 0. The van der Waals surface area contributed by atoms with Gasteiger partial charge in [-0.05, 0) is 37.0 Å². The molecule has 2 rings (SSSR count). The second kappa shape index (κ2) is 6.43. The predicted octanol–water partition coefficient (Wildman–Crippen LogP) is 3.56. The largest absolute Gasteiger partial charge is 0.385 e. The average Bonchev–Trinajstić information content (AvgIpc) is 2.39. The van der Waals surface area contributed by atoms with Gasteiger partial charge in [0.15, 0.2) is 0 Å². The zero-order valence-electron chi connectivity index (χ0n) is 11.1. The van der Waals surface area contributed by atoms with E-state index >= 15 is 0 Å². The maximum absolute atomic E-state index is 11.7. The molecule has 0 radical (unpaired) electrons. The van der Waals surface area contributed by atoms with Crippen LogP contribution in [0.3, 0.4) is 0 Å². The molecule has 0 saturated carbocycles. The van der Waals surface area contributed by atoms with E-state index in [1.165, 1.54) is 17.7 Å². The van der Waals surface area contributed by atoms with Crippen LogP contribution in [0.5, 0.6) is 0 Å². The Morgan fingerprint density at radius 3 is 3.11 bits per heavy atom. The van der Waals surface area contributed by atoms with Crippen LogP contribution in [-0.4, -0.2) is 12.5 Å². The van der Waals surface area contributed by atoms with Crippen LogP contribution < -0.4 is 10.6 Å². The van der Waals surface area contributed by atoms with Crippen LogP contribution in [0, 0.1) is 0 Å².